The molecule has 0 saturated heterocycles. The fourth-order valence-electron chi connectivity index (χ4n) is 15.8. The predicted octanol–water partition coefficient (Wildman–Crippen LogP) is 23.3. The first-order valence-electron chi connectivity index (χ1n) is 44.2. The van der Waals surface area contributed by atoms with Crippen LogP contribution in [0.1, 0.15) is 128 Å². The van der Waals surface area contributed by atoms with Crippen LogP contribution >= 0.6 is 92.8 Å². The molecule has 2 aliphatic rings. The maximum absolute atomic E-state index is 13.1. The molecule has 32 heteroatoms. The van der Waals surface area contributed by atoms with Crippen molar-refractivity contribution < 1.29 is 53.7 Å². The lowest BCUT2D eigenvalue weighted by atomic mass is 10.1. The highest BCUT2D eigenvalue weighted by atomic mass is 35.5. The highest BCUT2D eigenvalue weighted by molar-refractivity contribution is 6.38. The minimum Gasteiger partial charge on any atom is -0.395 e. The predicted molar refractivity (Wildman–Crippen MR) is 557 cm³/mol. The van der Waals surface area contributed by atoms with Crippen LogP contribution in [-0.4, -0.2) is 130 Å². The van der Waals surface area contributed by atoms with E-state index in [0.29, 0.717) is 125 Å². The van der Waals surface area contributed by atoms with Crippen molar-refractivity contribution in [1.82, 2.24) is 45.4 Å². The topological polar surface area (TPSA) is 340 Å². The number of pyridine rings is 5. The van der Waals surface area contributed by atoms with E-state index >= 15 is 0 Å². The number of halogens is 8. The molecule has 9 N–H and O–H groups in total. The number of fused-ring (bicyclic) bond motifs is 2. The second kappa shape index (κ2) is 47.9. The van der Waals surface area contributed by atoms with Crippen LogP contribution in [0, 0.1) is 0 Å². The molecule has 0 radical (unpaired) electrons. The monoisotopic (exact) mass is 2040 g/mol. The number of nitrogens with zero attached hydrogens (tertiary/aromatic N) is 7. The molecule has 0 bridgehead atoms. The molecule has 0 saturated carbocycles. The van der Waals surface area contributed by atoms with Crippen LogP contribution in [0.3, 0.4) is 0 Å². The van der Waals surface area contributed by atoms with E-state index in [0.717, 1.165) is 33.5 Å². The van der Waals surface area contributed by atoms with Gasteiger partial charge in [-0.2, -0.15) is 0 Å². The molecular weight excluding hydrogens is 1960 g/mol. The minimum absolute atomic E-state index is 0.131. The van der Waals surface area contributed by atoms with E-state index in [1.807, 2.05) is 170 Å². The van der Waals surface area contributed by atoms with Crippen molar-refractivity contribution in [3.8, 4) is 45.0 Å². The third-order valence-electron chi connectivity index (χ3n) is 22.9. The lowest BCUT2D eigenvalue weighted by molar-refractivity contribution is 0.0706. The van der Waals surface area contributed by atoms with Crippen LogP contribution in [-0.2, 0) is 25.9 Å². The zero-order valence-electron chi connectivity index (χ0n) is 75.2. The van der Waals surface area contributed by atoms with Gasteiger partial charge in [0.05, 0.1) is 128 Å². The zero-order chi connectivity index (χ0) is 100. The van der Waals surface area contributed by atoms with E-state index in [1.165, 1.54) is 65.6 Å². The number of aliphatic hydroxyl groups is 3. The van der Waals surface area contributed by atoms with Gasteiger partial charge in [0.2, 0.25) is 0 Å². The summed E-state index contributed by atoms with van der Waals surface area (Å²) in [6.45, 7) is 0.696. The number of rotatable bonds is 24. The largest absolute Gasteiger partial charge is 0.395 e. The number of hydrogen-bond acceptors (Lipinski definition) is 16. The van der Waals surface area contributed by atoms with Crippen molar-refractivity contribution in [3.05, 3.63) is 465 Å². The first-order chi connectivity index (χ1) is 68.7. The van der Waals surface area contributed by atoms with Crippen molar-refractivity contribution in [2.75, 3.05) is 41.5 Å². The molecule has 0 unspecified atom stereocenters. The van der Waals surface area contributed by atoms with E-state index in [4.69, 9.17) is 92.8 Å². The van der Waals surface area contributed by atoms with Gasteiger partial charge in [-0.25, -0.2) is 0 Å². The van der Waals surface area contributed by atoms with E-state index in [9.17, 15) is 53.7 Å². The van der Waals surface area contributed by atoms with Gasteiger partial charge in [0.1, 0.15) is 0 Å². The van der Waals surface area contributed by atoms with Crippen LogP contribution in [0.25, 0.3) is 45.0 Å². The standard InChI is InChI=1S/2C28H21Cl2N3O3.C28H23Cl2N3O3.C26H20Cl2N4O2/c2*29-22-11-9-18(15-21(22)24-7-3-4-12-31-24)32-28(36)20-10-8-17(13-23(20)30)27(35)33-26-19-6-2-1-5-16(19)14-25(26)34;29-24-12-10-21(17-23(24)26-8-4-5-13-31-26)32-27(35)22-11-9-20(16-25(22)30)28(36)33(14-15-34)18-19-6-2-1-3-7-19;1-32(16-19-6-2-4-12-29-19)26(34)17-8-10-20(23(28)14-17)25(33)31-18-9-11-22(27)21(15-18)24-7-3-5-13-30-24/h2*1-13,15,25-26,34H,14H2,(H,32,36)(H,33,35);1-13,16-17,34H,14-15,18H2,(H,32,35);2-15H,16H2,1H3,(H,31,33)/t2*25-,26+;;/m10../s1. The van der Waals surface area contributed by atoms with Crippen LogP contribution in [0.2, 0.25) is 40.2 Å². The second-order valence-corrected chi connectivity index (χ2v) is 35.8. The van der Waals surface area contributed by atoms with Gasteiger partial charge in [-0.1, -0.05) is 202 Å². The Bertz CT molecular complexity index is 7120. The molecular formula is C110H85Cl8N13O11. The summed E-state index contributed by atoms with van der Waals surface area (Å²) in [4.78, 5) is 128. The number of benzene rings is 11. The third kappa shape index (κ3) is 25.7. The summed E-state index contributed by atoms with van der Waals surface area (Å²) in [5.74, 6) is -2.98. The summed E-state index contributed by atoms with van der Waals surface area (Å²) in [5, 5.41) is 50.0. The van der Waals surface area contributed by atoms with E-state index < -0.39 is 47.9 Å². The number of amides is 8. The number of carbonyl (C=O) groups excluding carboxylic acids is 8. The van der Waals surface area contributed by atoms with Gasteiger partial charge >= 0.3 is 0 Å². The Kier molecular flexibility index (Phi) is 34.2. The molecule has 16 aromatic rings. The first kappa shape index (κ1) is 102. The molecule has 5 aromatic heterocycles. The maximum atomic E-state index is 13.1. The second-order valence-electron chi connectivity index (χ2n) is 32.5. The van der Waals surface area contributed by atoms with E-state index in [-0.39, 0.29) is 90.3 Å². The third-order valence-corrected chi connectivity index (χ3v) is 25.4. The highest BCUT2D eigenvalue weighted by Crippen LogP contribution is 2.39. The van der Waals surface area contributed by atoms with Crippen molar-refractivity contribution in [1.29, 1.82) is 0 Å². The smallest absolute Gasteiger partial charge is 0.257 e. The van der Waals surface area contributed by atoms with Gasteiger partial charge in [-0.05, 0) is 234 Å². The molecule has 142 heavy (non-hydrogen) atoms. The number of nitrogens with one attached hydrogen (secondary N) is 6. The fraction of sp³-hybridized carbons (Fsp3) is 0.100. The molecule has 0 fully saturated rings. The van der Waals surface area contributed by atoms with Gasteiger partial charge in [0.25, 0.3) is 47.3 Å². The Morgan fingerprint density at radius 1 is 0.317 bits per heavy atom. The Hall–Kier alpha value is -14.9. The average Bonchev–Trinajstić information content (AvgIpc) is 1.69. The summed E-state index contributed by atoms with van der Waals surface area (Å²) < 4.78 is 0. The maximum Gasteiger partial charge on any atom is 0.257 e. The summed E-state index contributed by atoms with van der Waals surface area (Å²) in [6, 6.07) is 89.8. The minimum atomic E-state index is -0.706. The molecule has 0 aliphatic heterocycles. The summed E-state index contributed by atoms with van der Waals surface area (Å²) in [7, 11) is 1.69. The normalized spacial score (nSPS) is 13.5. The van der Waals surface area contributed by atoms with Gasteiger partial charge in [0.15, 0.2) is 0 Å². The Balaban J connectivity index is 0.000000143. The van der Waals surface area contributed by atoms with E-state index in [1.54, 1.807) is 128 Å². The van der Waals surface area contributed by atoms with Crippen molar-refractivity contribution in [2.24, 2.45) is 0 Å². The van der Waals surface area contributed by atoms with E-state index in [2.05, 4.69) is 56.8 Å². The number of aromatic nitrogens is 5. The Morgan fingerprint density at radius 3 is 0.951 bits per heavy atom. The number of hydrogen-bond donors (Lipinski definition) is 9. The lowest BCUT2D eigenvalue weighted by Gasteiger charge is -2.22. The van der Waals surface area contributed by atoms with Gasteiger partial charge in [-0.15, -0.1) is 0 Å². The van der Waals surface area contributed by atoms with Crippen molar-refractivity contribution >= 4 is 163 Å². The molecule has 5 heterocycles. The molecule has 11 aromatic carbocycles. The van der Waals surface area contributed by atoms with Gasteiger partial charge < -0.3 is 57.0 Å². The van der Waals surface area contributed by atoms with Gasteiger partial charge in [-0.3, -0.25) is 63.3 Å². The molecule has 0 spiro atoms. The molecule has 24 nitrogen and oxygen atoms in total. The molecule has 712 valence electrons. The highest BCUT2D eigenvalue weighted by Gasteiger charge is 2.35. The molecule has 18 rings (SSSR count). The number of carbonyl (C=O) groups is 8. The van der Waals surface area contributed by atoms with Crippen LogP contribution in [0.5, 0.6) is 0 Å². The lowest BCUT2D eigenvalue weighted by Crippen LogP contribution is -2.33. The quantitative estimate of drug-likeness (QED) is 0.0271. The number of aliphatic hydroxyl groups excluding tert-OH is 3. The fourth-order valence-corrected chi connectivity index (χ4v) is 17.7. The Labute approximate surface area is 856 Å². The average molecular weight is 2050 g/mol. The van der Waals surface area contributed by atoms with Crippen LogP contribution < -0.4 is 31.9 Å². The van der Waals surface area contributed by atoms with Gasteiger partial charge in [0, 0.05) is 131 Å². The van der Waals surface area contributed by atoms with Crippen LogP contribution in [0.4, 0.5) is 22.7 Å². The SMILES string of the molecule is CN(Cc1ccccn1)C(=O)c1ccc(C(=O)Nc2ccc(Cl)c(-c3ccccn3)c2)c(Cl)c1.O=C(N[C@@H]1c2ccccc2C[C@@H]1O)c1ccc(C(=O)Nc2ccc(Cl)c(-c3ccccn3)c2)c(Cl)c1.O=C(N[C@H]1c2ccccc2C[C@H]1O)c1ccc(C(=O)Nc2ccc(Cl)c(-c3ccccn3)c2)c(Cl)c1.O=C(Nc1ccc(Cl)c(-c2ccccn2)c1)c1ccc(C(=O)N(CCO)Cc2ccccc2)cc1Cl. The summed E-state index contributed by atoms with van der Waals surface area (Å²) in [6.07, 6.45) is 7.90. The first-order valence-corrected chi connectivity index (χ1v) is 47.2. The molecule has 4 atom stereocenters. The summed E-state index contributed by atoms with van der Waals surface area (Å²) in [5.41, 5.74) is 15.3. The molecule has 8 amide bonds. The van der Waals surface area contributed by atoms with Crippen LogP contribution in [0.15, 0.2) is 346 Å². The Morgan fingerprint density at radius 2 is 0.627 bits per heavy atom. The zero-order valence-corrected chi connectivity index (χ0v) is 81.3. The number of anilines is 4. The summed E-state index contributed by atoms with van der Waals surface area (Å²) >= 11 is 50.9. The van der Waals surface area contributed by atoms with Crippen molar-refractivity contribution in [3.63, 3.8) is 0 Å². The van der Waals surface area contributed by atoms with Crippen molar-refractivity contribution in [2.45, 2.75) is 50.2 Å². The molecule has 2 aliphatic carbocycles.